The molecule has 0 N–H and O–H groups in total. The van der Waals surface area contributed by atoms with Gasteiger partial charge in [-0.25, -0.2) is 9.97 Å². The zero-order valence-corrected chi connectivity index (χ0v) is 17.1. The van der Waals surface area contributed by atoms with Crippen LogP contribution >= 0.6 is 11.6 Å². The molecule has 1 aromatic heterocycles. The zero-order valence-electron chi connectivity index (χ0n) is 16.4. The lowest BCUT2D eigenvalue weighted by molar-refractivity contribution is 0.0535. The van der Waals surface area contributed by atoms with Crippen LogP contribution in [0.3, 0.4) is 0 Å². The number of aromatic nitrogens is 2. The quantitative estimate of drug-likeness (QED) is 0.651. The molecule has 2 heterocycles. The average Bonchev–Trinajstić information content (AvgIpc) is 2.74. The molecule has 0 saturated carbocycles. The Morgan fingerprint density at radius 1 is 0.828 bits per heavy atom. The van der Waals surface area contributed by atoms with E-state index in [9.17, 15) is 9.59 Å². The van der Waals surface area contributed by atoms with E-state index in [0.29, 0.717) is 47.8 Å². The van der Waals surface area contributed by atoms with E-state index >= 15 is 0 Å². The summed E-state index contributed by atoms with van der Waals surface area (Å²) in [6.45, 7) is 5.73. The van der Waals surface area contributed by atoms with E-state index < -0.39 is 0 Å². The van der Waals surface area contributed by atoms with E-state index in [4.69, 9.17) is 11.6 Å². The smallest absolute Gasteiger partial charge is 0.255 e. The van der Waals surface area contributed by atoms with Gasteiger partial charge in [0.15, 0.2) is 0 Å². The second kappa shape index (κ2) is 7.79. The normalized spacial score (nSPS) is 14.3. The monoisotopic (exact) mass is 408 g/mol. The Hall–Kier alpha value is -2.99. The van der Waals surface area contributed by atoms with Crippen LogP contribution in [0.4, 0.5) is 0 Å². The molecule has 7 heteroatoms. The number of amides is 2. The largest absolute Gasteiger partial charge is 0.335 e. The summed E-state index contributed by atoms with van der Waals surface area (Å²) in [6, 6.07) is 12.4. The molecule has 1 aliphatic rings. The number of rotatable bonds is 2. The third-order valence-corrected chi connectivity index (χ3v) is 5.61. The minimum atomic E-state index is -0.102. The Kier molecular flexibility index (Phi) is 5.20. The van der Waals surface area contributed by atoms with Crippen LogP contribution in [-0.2, 0) is 0 Å². The number of hydrogen-bond acceptors (Lipinski definition) is 4. The van der Waals surface area contributed by atoms with E-state index in [2.05, 4.69) is 9.97 Å². The van der Waals surface area contributed by atoms with Crippen LogP contribution in [0, 0.1) is 13.8 Å². The predicted octanol–water partition coefficient (Wildman–Crippen LogP) is 3.50. The highest BCUT2D eigenvalue weighted by Gasteiger charge is 2.26. The van der Waals surface area contributed by atoms with Gasteiger partial charge in [0.25, 0.3) is 11.8 Å². The fourth-order valence-electron chi connectivity index (χ4n) is 3.46. The standard InChI is InChI=1S/C22H21ClN4O2/c1-14-15(2)25-20-13-16(7-8-19(20)24-14)21(28)26-9-11-27(12-10-26)22(29)17-5-3-4-6-18(17)23/h3-8,13H,9-12H2,1-2H3. The lowest BCUT2D eigenvalue weighted by Crippen LogP contribution is -2.50. The minimum Gasteiger partial charge on any atom is -0.335 e. The molecule has 29 heavy (non-hydrogen) atoms. The van der Waals surface area contributed by atoms with E-state index in [1.807, 2.05) is 19.9 Å². The molecular weight excluding hydrogens is 388 g/mol. The maximum Gasteiger partial charge on any atom is 0.255 e. The van der Waals surface area contributed by atoms with Crippen LogP contribution in [0.5, 0.6) is 0 Å². The van der Waals surface area contributed by atoms with Gasteiger partial charge >= 0.3 is 0 Å². The SMILES string of the molecule is Cc1nc2ccc(C(=O)N3CCN(C(=O)c4ccccc4Cl)CC3)cc2nc1C. The topological polar surface area (TPSA) is 66.4 Å². The summed E-state index contributed by atoms with van der Waals surface area (Å²) in [5.74, 6) is -0.161. The highest BCUT2D eigenvalue weighted by molar-refractivity contribution is 6.33. The van der Waals surface area contributed by atoms with Crippen molar-refractivity contribution in [2.45, 2.75) is 13.8 Å². The van der Waals surface area contributed by atoms with Crippen LogP contribution in [0.1, 0.15) is 32.1 Å². The molecule has 1 fully saturated rings. The number of halogens is 1. The van der Waals surface area contributed by atoms with E-state index in [0.717, 1.165) is 16.9 Å². The molecule has 148 valence electrons. The highest BCUT2D eigenvalue weighted by Crippen LogP contribution is 2.20. The molecule has 3 aromatic rings. The van der Waals surface area contributed by atoms with E-state index in [1.165, 1.54) is 0 Å². The molecule has 4 rings (SSSR count). The number of carbonyl (C=O) groups excluding carboxylic acids is 2. The fourth-order valence-corrected chi connectivity index (χ4v) is 3.68. The van der Waals surface area contributed by atoms with Crippen molar-refractivity contribution < 1.29 is 9.59 Å². The molecular formula is C22H21ClN4O2. The van der Waals surface area contributed by atoms with Gasteiger partial charge in [0, 0.05) is 31.7 Å². The Bertz CT molecular complexity index is 1110. The second-order valence-electron chi connectivity index (χ2n) is 7.16. The second-order valence-corrected chi connectivity index (χ2v) is 7.57. The van der Waals surface area contributed by atoms with Gasteiger partial charge < -0.3 is 9.80 Å². The van der Waals surface area contributed by atoms with Gasteiger partial charge in [0.1, 0.15) is 0 Å². The first-order valence-electron chi connectivity index (χ1n) is 9.52. The summed E-state index contributed by atoms with van der Waals surface area (Å²) >= 11 is 6.14. The molecule has 6 nitrogen and oxygen atoms in total. The van der Waals surface area contributed by atoms with Crippen LogP contribution < -0.4 is 0 Å². The van der Waals surface area contributed by atoms with Gasteiger partial charge in [0.05, 0.1) is 33.0 Å². The Morgan fingerprint density at radius 2 is 1.41 bits per heavy atom. The fraction of sp³-hybridized carbons (Fsp3) is 0.273. The molecule has 1 aliphatic heterocycles. The van der Waals surface area contributed by atoms with Crippen LogP contribution in [0.2, 0.25) is 5.02 Å². The van der Waals surface area contributed by atoms with Crippen LogP contribution in [0.25, 0.3) is 11.0 Å². The molecule has 0 bridgehead atoms. The maximum atomic E-state index is 12.9. The number of benzene rings is 2. The third-order valence-electron chi connectivity index (χ3n) is 5.28. The summed E-state index contributed by atoms with van der Waals surface area (Å²) in [5.41, 5.74) is 4.31. The summed E-state index contributed by atoms with van der Waals surface area (Å²) in [6.07, 6.45) is 0. The van der Waals surface area contributed by atoms with Crippen LogP contribution in [0.15, 0.2) is 42.5 Å². The first-order valence-corrected chi connectivity index (χ1v) is 9.90. The van der Waals surface area contributed by atoms with Crippen molar-refractivity contribution in [1.29, 1.82) is 0 Å². The maximum absolute atomic E-state index is 12.9. The lowest BCUT2D eigenvalue weighted by atomic mass is 10.1. The van der Waals surface area contributed by atoms with Gasteiger partial charge in [-0.15, -0.1) is 0 Å². The van der Waals surface area contributed by atoms with Crippen molar-refractivity contribution in [2.24, 2.45) is 0 Å². The summed E-state index contributed by atoms with van der Waals surface area (Å²) in [5, 5.41) is 0.443. The van der Waals surface area contributed by atoms with Gasteiger partial charge in [-0.3, -0.25) is 9.59 Å². The number of hydrogen-bond donors (Lipinski definition) is 0. The van der Waals surface area contributed by atoms with Gasteiger partial charge in [0.2, 0.25) is 0 Å². The van der Waals surface area contributed by atoms with E-state index in [1.54, 1.807) is 46.2 Å². The number of nitrogens with zero attached hydrogens (tertiary/aromatic N) is 4. The lowest BCUT2D eigenvalue weighted by Gasteiger charge is -2.35. The molecule has 2 aromatic carbocycles. The van der Waals surface area contributed by atoms with Crippen molar-refractivity contribution in [1.82, 2.24) is 19.8 Å². The molecule has 0 unspecified atom stereocenters. The van der Waals surface area contributed by atoms with Crippen molar-refractivity contribution in [3.63, 3.8) is 0 Å². The number of piperazine rings is 1. The highest BCUT2D eigenvalue weighted by atomic mass is 35.5. The van der Waals surface area contributed by atoms with E-state index in [-0.39, 0.29) is 11.8 Å². The first-order chi connectivity index (χ1) is 13.9. The minimum absolute atomic E-state index is 0.0585. The number of carbonyl (C=O) groups is 2. The Morgan fingerprint density at radius 3 is 2.07 bits per heavy atom. The van der Waals surface area contributed by atoms with Crippen molar-refractivity contribution >= 4 is 34.4 Å². The molecule has 1 saturated heterocycles. The van der Waals surface area contributed by atoms with Crippen molar-refractivity contribution in [2.75, 3.05) is 26.2 Å². The Balaban J connectivity index is 1.46. The van der Waals surface area contributed by atoms with Crippen molar-refractivity contribution in [3.8, 4) is 0 Å². The molecule has 0 spiro atoms. The number of fused-ring (bicyclic) bond motifs is 1. The zero-order chi connectivity index (χ0) is 20.5. The van der Waals surface area contributed by atoms with Crippen molar-refractivity contribution in [3.05, 3.63) is 70.0 Å². The third kappa shape index (κ3) is 3.80. The summed E-state index contributed by atoms with van der Waals surface area (Å²) < 4.78 is 0. The molecule has 0 atom stereocenters. The Labute approximate surface area is 174 Å². The molecule has 0 aliphatic carbocycles. The van der Waals surface area contributed by atoms with Crippen LogP contribution in [-0.4, -0.2) is 57.8 Å². The average molecular weight is 409 g/mol. The first kappa shape index (κ1) is 19.3. The van der Waals surface area contributed by atoms with Gasteiger partial charge in [-0.05, 0) is 44.2 Å². The summed E-state index contributed by atoms with van der Waals surface area (Å²) in [7, 11) is 0. The summed E-state index contributed by atoms with van der Waals surface area (Å²) in [4.78, 5) is 38.2. The molecule has 2 amide bonds. The molecule has 0 radical (unpaired) electrons. The number of aryl methyl sites for hydroxylation is 2. The van der Waals surface area contributed by atoms with Gasteiger partial charge in [-0.2, -0.15) is 0 Å². The van der Waals surface area contributed by atoms with Gasteiger partial charge in [-0.1, -0.05) is 23.7 Å². The predicted molar refractivity (Wildman–Crippen MR) is 112 cm³/mol.